The van der Waals surface area contributed by atoms with Gasteiger partial charge in [-0.25, -0.2) is 4.79 Å². The van der Waals surface area contributed by atoms with Gasteiger partial charge in [0.25, 0.3) is 0 Å². The van der Waals surface area contributed by atoms with Gasteiger partial charge in [0.05, 0.1) is 18.1 Å². The van der Waals surface area contributed by atoms with Crippen LogP contribution in [0.15, 0.2) is 36.4 Å². The van der Waals surface area contributed by atoms with Crippen molar-refractivity contribution < 1.29 is 19.1 Å². The number of hydrogen-bond acceptors (Lipinski definition) is 4. The molecule has 29 heavy (non-hydrogen) atoms. The fourth-order valence-corrected chi connectivity index (χ4v) is 3.85. The molecule has 1 heterocycles. The van der Waals surface area contributed by atoms with Crippen LogP contribution in [0.25, 0.3) is 0 Å². The Morgan fingerprint density at radius 1 is 1.10 bits per heavy atom. The SMILES string of the molecule is CCOC(=O)c1ccc(NC(=O)C2CC(=O)N(c3c(C)cc(C)cc3C)C2)cc1. The van der Waals surface area contributed by atoms with E-state index in [1.165, 1.54) is 0 Å². The Kier molecular flexibility index (Phi) is 6.01. The topological polar surface area (TPSA) is 75.7 Å². The fraction of sp³-hybridized carbons (Fsp3) is 0.348. The van der Waals surface area contributed by atoms with Crippen LogP contribution in [0.2, 0.25) is 0 Å². The van der Waals surface area contributed by atoms with Crippen molar-refractivity contribution in [3.05, 3.63) is 58.7 Å². The lowest BCUT2D eigenvalue weighted by molar-refractivity contribution is -0.122. The molecular formula is C23H26N2O4. The number of aryl methyl sites for hydroxylation is 3. The number of rotatable bonds is 5. The van der Waals surface area contributed by atoms with Crippen molar-refractivity contribution in [1.29, 1.82) is 0 Å². The number of carbonyl (C=O) groups is 3. The maximum atomic E-state index is 12.7. The van der Waals surface area contributed by atoms with E-state index >= 15 is 0 Å². The molecule has 1 saturated heterocycles. The Balaban J connectivity index is 1.69. The van der Waals surface area contributed by atoms with Crippen molar-refractivity contribution >= 4 is 29.2 Å². The van der Waals surface area contributed by atoms with Crippen molar-refractivity contribution in [2.75, 3.05) is 23.4 Å². The highest BCUT2D eigenvalue weighted by molar-refractivity contribution is 6.04. The summed E-state index contributed by atoms with van der Waals surface area (Å²) in [5, 5.41) is 2.84. The Bertz CT molecular complexity index is 927. The lowest BCUT2D eigenvalue weighted by Gasteiger charge is -2.22. The van der Waals surface area contributed by atoms with E-state index < -0.39 is 11.9 Å². The molecule has 6 heteroatoms. The van der Waals surface area contributed by atoms with Crippen LogP contribution in [-0.2, 0) is 14.3 Å². The second kappa shape index (κ2) is 8.47. The van der Waals surface area contributed by atoms with Gasteiger partial charge in [0.15, 0.2) is 0 Å². The van der Waals surface area contributed by atoms with Gasteiger partial charge in [-0.3, -0.25) is 9.59 Å². The van der Waals surface area contributed by atoms with Gasteiger partial charge in [0, 0.05) is 24.3 Å². The second-order valence-corrected chi connectivity index (χ2v) is 7.44. The van der Waals surface area contributed by atoms with E-state index in [0.717, 1.165) is 22.4 Å². The predicted octanol–water partition coefficient (Wildman–Crippen LogP) is 3.78. The summed E-state index contributed by atoms with van der Waals surface area (Å²) in [6.07, 6.45) is 0.180. The minimum atomic E-state index is -0.424. The molecule has 0 aromatic heterocycles. The molecule has 6 nitrogen and oxygen atoms in total. The molecule has 0 radical (unpaired) electrons. The number of ether oxygens (including phenoxy) is 1. The molecular weight excluding hydrogens is 368 g/mol. The average Bonchev–Trinajstić information content (AvgIpc) is 3.03. The number of nitrogens with one attached hydrogen (secondary N) is 1. The largest absolute Gasteiger partial charge is 0.462 e. The van der Waals surface area contributed by atoms with Crippen LogP contribution >= 0.6 is 0 Å². The van der Waals surface area contributed by atoms with Crippen molar-refractivity contribution in [2.24, 2.45) is 5.92 Å². The van der Waals surface area contributed by atoms with Crippen LogP contribution in [0.1, 0.15) is 40.4 Å². The van der Waals surface area contributed by atoms with E-state index in [1.54, 1.807) is 36.1 Å². The van der Waals surface area contributed by atoms with E-state index in [4.69, 9.17) is 4.74 Å². The first-order valence-electron chi connectivity index (χ1n) is 9.76. The van der Waals surface area contributed by atoms with Crippen molar-refractivity contribution in [3.63, 3.8) is 0 Å². The van der Waals surface area contributed by atoms with Gasteiger partial charge >= 0.3 is 5.97 Å². The maximum Gasteiger partial charge on any atom is 0.338 e. The summed E-state index contributed by atoms with van der Waals surface area (Å²) in [7, 11) is 0. The number of benzene rings is 2. The molecule has 1 fully saturated rings. The molecule has 3 rings (SSSR count). The summed E-state index contributed by atoms with van der Waals surface area (Å²) in [6.45, 7) is 8.42. The third-order valence-electron chi connectivity index (χ3n) is 5.06. The first-order valence-corrected chi connectivity index (χ1v) is 9.76. The lowest BCUT2D eigenvalue weighted by Crippen LogP contribution is -2.29. The number of anilines is 2. The molecule has 2 aromatic rings. The van der Waals surface area contributed by atoms with E-state index in [1.807, 2.05) is 32.9 Å². The fourth-order valence-electron chi connectivity index (χ4n) is 3.85. The number of carbonyl (C=O) groups excluding carboxylic acids is 3. The van der Waals surface area contributed by atoms with Crippen molar-refractivity contribution in [3.8, 4) is 0 Å². The highest BCUT2D eigenvalue weighted by Gasteiger charge is 2.36. The van der Waals surface area contributed by atoms with Crippen LogP contribution < -0.4 is 10.2 Å². The van der Waals surface area contributed by atoms with Crippen molar-refractivity contribution in [2.45, 2.75) is 34.1 Å². The molecule has 2 aromatic carbocycles. The summed E-state index contributed by atoms with van der Waals surface area (Å²) in [5.74, 6) is -1.07. The quantitative estimate of drug-likeness (QED) is 0.783. The zero-order valence-electron chi connectivity index (χ0n) is 17.2. The highest BCUT2D eigenvalue weighted by atomic mass is 16.5. The van der Waals surface area contributed by atoms with E-state index in [9.17, 15) is 14.4 Å². The van der Waals surface area contributed by atoms with Crippen molar-refractivity contribution in [1.82, 2.24) is 0 Å². The van der Waals surface area contributed by atoms with Crippen LogP contribution in [0.5, 0.6) is 0 Å². The van der Waals surface area contributed by atoms with Gasteiger partial charge in [0.1, 0.15) is 0 Å². The molecule has 2 amide bonds. The summed E-state index contributed by atoms with van der Waals surface area (Å²) < 4.78 is 4.95. The Hall–Kier alpha value is -3.15. The average molecular weight is 394 g/mol. The lowest BCUT2D eigenvalue weighted by atomic mass is 10.0. The van der Waals surface area contributed by atoms with Gasteiger partial charge in [-0.2, -0.15) is 0 Å². The first kappa shape index (κ1) is 20.6. The molecule has 0 spiro atoms. The first-order chi connectivity index (χ1) is 13.8. The van der Waals surface area contributed by atoms with E-state index in [-0.39, 0.29) is 18.2 Å². The second-order valence-electron chi connectivity index (χ2n) is 7.44. The summed E-state index contributed by atoms with van der Waals surface area (Å²) in [5.41, 5.74) is 5.12. The molecule has 1 aliphatic rings. The van der Waals surface area contributed by atoms with E-state index in [2.05, 4.69) is 5.32 Å². The molecule has 1 unspecified atom stereocenters. The zero-order chi connectivity index (χ0) is 21.1. The summed E-state index contributed by atoms with van der Waals surface area (Å²) in [4.78, 5) is 38.7. The molecule has 1 aliphatic heterocycles. The molecule has 0 aliphatic carbocycles. The summed E-state index contributed by atoms with van der Waals surface area (Å²) >= 11 is 0. The Labute approximate surface area is 170 Å². The predicted molar refractivity (Wildman–Crippen MR) is 112 cm³/mol. The number of amides is 2. The Morgan fingerprint density at radius 3 is 2.31 bits per heavy atom. The molecule has 1 N–H and O–H groups in total. The summed E-state index contributed by atoms with van der Waals surface area (Å²) in [6, 6.07) is 10.6. The third-order valence-corrected chi connectivity index (χ3v) is 5.06. The van der Waals surface area contributed by atoms with Gasteiger partial charge < -0.3 is 15.0 Å². The van der Waals surface area contributed by atoms with E-state index in [0.29, 0.717) is 24.4 Å². The monoisotopic (exact) mass is 394 g/mol. The molecule has 0 saturated carbocycles. The molecule has 152 valence electrons. The minimum Gasteiger partial charge on any atom is -0.462 e. The molecule has 1 atom stereocenters. The van der Waals surface area contributed by atoms with Crippen LogP contribution in [0, 0.1) is 26.7 Å². The Morgan fingerprint density at radius 2 is 1.72 bits per heavy atom. The minimum absolute atomic E-state index is 0.0436. The van der Waals surface area contributed by atoms with Crippen LogP contribution in [0.3, 0.4) is 0 Å². The van der Waals surface area contributed by atoms with Gasteiger partial charge in [-0.05, 0) is 63.1 Å². The van der Waals surface area contributed by atoms with Gasteiger partial charge in [-0.15, -0.1) is 0 Å². The van der Waals surface area contributed by atoms with Crippen LogP contribution in [-0.4, -0.2) is 30.9 Å². The molecule has 0 bridgehead atoms. The maximum absolute atomic E-state index is 12.7. The number of nitrogens with zero attached hydrogens (tertiary/aromatic N) is 1. The number of hydrogen-bond donors (Lipinski definition) is 1. The normalized spacial score (nSPS) is 16.1. The highest BCUT2D eigenvalue weighted by Crippen LogP contribution is 2.32. The van der Waals surface area contributed by atoms with Gasteiger partial charge in [-0.1, -0.05) is 17.7 Å². The van der Waals surface area contributed by atoms with Gasteiger partial charge in [0.2, 0.25) is 11.8 Å². The number of esters is 1. The third kappa shape index (κ3) is 4.47. The van der Waals surface area contributed by atoms with Crippen LogP contribution in [0.4, 0.5) is 11.4 Å². The zero-order valence-corrected chi connectivity index (χ0v) is 17.2. The standard InChI is InChI=1S/C23H26N2O4/c1-5-29-23(28)17-6-8-19(9-7-17)24-22(27)18-12-20(26)25(13-18)21-15(3)10-14(2)11-16(21)4/h6-11,18H,5,12-13H2,1-4H3,(H,24,27). The smallest absolute Gasteiger partial charge is 0.338 e.